The Kier molecular flexibility index (Phi) is 4.50. The van der Waals surface area contributed by atoms with Crippen molar-refractivity contribution < 1.29 is 4.79 Å². The third-order valence-corrected chi connectivity index (χ3v) is 2.87. The van der Waals surface area contributed by atoms with Crippen molar-refractivity contribution in [3.05, 3.63) is 60.6 Å². The summed E-state index contributed by atoms with van der Waals surface area (Å²) in [6.45, 7) is 1.56. The normalized spacial score (nSPS) is 9.70. The lowest BCUT2D eigenvalue weighted by Gasteiger charge is -1.99. The summed E-state index contributed by atoms with van der Waals surface area (Å²) in [7, 11) is 1.82. The largest absolute Gasteiger partial charge is 0.386 e. The van der Waals surface area contributed by atoms with Crippen LogP contribution in [0.2, 0.25) is 0 Å². The van der Waals surface area contributed by atoms with Crippen LogP contribution >= 0.6 is 0 Å². The third-order valence-electron chi connectivity index (χ3n) is 2.87. The number of Topliss-reactive ketones (excluding diaryl/α,β-unsaturated/α-hetero) is 1. The van der Waals surface area contributed by atoms with Gasteiger partial charge in [-0.1, -0.05) is 24.3 Å². The highest BCUT2D eigenvalue weighted by Crippen LogP contribution is 2.27. The molecular weight excluding hydrogens is 250 g/mol. The van der Waals surface area contributed by atoms with E-state index in [0.29, 0.717) is 5.69 Å². The van der Waals surface area contributed by atoms with Gasteiger partial charge >= 0.3 is 0 Å². The maximum absolute atomic E-state index is 11.3. The number of carbonyl (C=O) groups excluding carboxylic acids is 1. The summed E-state index contributed by atoms with van der Waals surface area (Å²) in [6, 6.07) is 13.6. The number of H-pyrrole nitrogens is 1. The summed E-state index contributed by atoms with van der Waals surface area (Å²) in [5, 5.41) is 4.10. The van der Waals surface area contributed by atoms with E-state index in [1.54, 1.807) is 19.3 Å². The van der Waals surface area contributed by atoms with Gasteiger partial charge < -0.3 is 10.3 Å². The Morgan fingerprint density at radius 1 is 1.10 bits per heavy atom. The van der Waals surface area contributed by atoms with Crippen LogP contribution < -0.4 is 5.32 Å². The molecule has 0 saturated carbocycles. The van der Waals surface area contributed by atoms with E-state index in [-0.39, 0.29) is 5.78 Å². The van der Waals surface area contributed by atoms with Crippen molar-refractivity contribution in [2.45, 2.75) is 6.92 Å². The van der Waals surface area contributed by atoms with Crippen LogP contribution in [0.25, 0.3) is 10.9 Å². The van der Waals surface area contributed by atoms with Crippen LogP contribution in [0, 0.1) is 0 Å². The SMILES string of the molecule is CNc1c(C(C)=O)[nH]c2ccccc12.c1ccncc1. The average Bonchev–Trinajstić information content (AvgIpc) is 2.88. The molecule has 0 aliphatic heterocycles. The van der Waals surface area contributed by atoms with E-state index in [9.17, 15) is 4.79 Å². The number of nitrogens with zero attached hydrogens (tertiary/aromatic N) is 1. The molecule has 0 radical (unpaired) electrons. The molecule has 0 bridgehead atoms. The van der Waals surface area contributed by atoms with E-state index in [1.165, 1.54) is 0 Å². The Hall–Kier alpha value is -2.62. The van der Waals surface area contributed by atoms with Crippen LogP contribution in [-0.2, 0) is 0 Å². The standard InChI is InChI=1S/C11H12N2O.C5H5N/c1-7(14)10-11(12-2)8-5-3-4-6-9(8)13-10;1-2-4-6-5-3-1/h3-6,12-13H,1-2H3;1-5H. The van der Waals surface area contributed by atoms with Gasteiger partial charge in [-0.2, -0.15) is 0 Å². The predicted octanol–water partition coefficient (Wildman–Crippen LogP) is 3.49. The molecule has 20 heavy (non-hydrogen) atoms. The topological polar surface area (TPSA) is 57.8 Å². The smallest absolute Gasteiger partial charge is 0.178 e. The zero-order valence-corrected chi connectivity index (χ0v) is 11.6. The summed E-state index contributed by atoms with van der Waals surface area (Å²) in [5.74, 6) is 0.0468. The molecule has 0 atom stereocenters. The van der Waals surface area contributed by atoms with Crippen LogP contribution in [-0.4, -0.2) is 22.8 Å². The van der Waals surface area contributed by atoms with E-state index in [2.05, 4.69) is 15.3 Å². The van der Waals surface area contributed by atoms with Crippen LogP contribution in [0.5, 0.6) is 0 Å². The molecule has 2 aromatic heterocycles. The Labute approximate surface area is 117 Å². The number of fused-ring (bicyclic) bond motifs is 1. The number of aromatic amines is 1. The molecule has 102 valence electrons. The van der Waals surface area contributed by atoms with E-state index in [1.807, 2.05) is 49.5 Å². The molecule has 0 saturated heterocycles. The van der Waals surface area contributed by atoms with Crippen molar-refractivity contribution in [3.63, 3.8) is 0 Å². The van der Waals surface area contributed by atoms with Crippen molar-refractivity contribution in [1.82, 2.24) is 9.97 Å². The quantitative estimate of drug-likeness (QED) is 0.699. The summed E-state index contributed by atoms with van der Waals surface area (Å²) in [5.41, 5.74) is 2.52. The molecule has 2 heterocycles. The van der Waals surface area contributed by atoms with Crippen molar-refractivity contribution in [2.75, 3.05) is 12.4 Å². The van der Waals surface area contributed by atoms with Gasteiger partial charge in [0.1, 0.15) is 5.69 Å². The molecule has 0 spiro atoms. The lowest BCUT2D eigenvalue weighted by Crippen LogP contribution is -1.98. The molecule has 3 rings (SSSR count). The second-order valence-electron chi connectivity index (χ2n) is 4.25. The number of para-hydroxylation sites is 1. The number of pyridine rings is 1. The molecule has 4 heteroatoms. The molecule has 1 aromatic carbocycles. The summed E-state index contributed by atoms with van der Waals surface area (Å²) in [6.07, 6.45) is 3.50. The summed E-state index contributed by atoms with van der Waals surface area (Å²) < 4.78 is 0. The van der Waals surface area contributed by atoms with Crippen molar-refractivity contribution in [3.8, 4) is 0 Å². The van der Waals surface area contributed by atoms with Gasteiger partial charge in [-0.3, -0.25) is 9.78 Å². The van der Waals surface area contributed by atoms with Gasteiger partial charge in [-0.25, -0.2) is 0 Å². The first-order chi connectivity index (χ1) is 9.74. The fraction of sp³-hybridized carbons (Fsp3) is 0.125. The number of aromatic nitrogens is 2. The fourth-order valence-electron chi connectivity index (χ4n) is 1.98. The summed E-state index contributed by atoms with van der Waals surface area (Å²) >= 11 is 0. The number of anilines is 1. The molecule has 0 amide bonds. The highest BCUT2D eigenvalue weighted by atomic mass is 16.1. The molecule has 2 N–H and O–H groups in total. The van der Waals surface area contributed by atoms with E-state index < -0.39 is 0 Å². The minimum absolute atomic E-state index is 0.0468. The molecule has 0 aliphatic rings. The van der Waals surface area contributed by atoms with E-state index in [0.717, 1.165) is 16.6 Å². The predicted molar refractivity (Wildman–Crippen MR) is 82.1 cm³/mol. The van der Waals surface area contributed by atoms with Gasteiger partial charge in [0.05, 0.1) is 5.69 Å². The monoisotopic (exact) mass is 267 g/mol. The molecule has 0 fully saturated rings. The lowest BCUT2D eigenvalue weighted by atomic mass is 10.2. The van der Waals surface area contributed by atoms with E-state index in [4.69, 9.17) is 0 Å². The second-order valence-corrected chi connectivity index (χ2v) is 4.25. The van der Waals surface area contributed by atoms with Gasteiger partial charge in [0, 0.05) is 37.3 Å². The van der Waals surface area contributed by atoms with Gasteiger partial charge in [-0.15, -0.1) is 0 Å². The number of carbonyl (C=O) groups is 1. The van der Waals surface area contributed by atoms with Gasteiger partial charge in [0.15, 0.2) is 5.78 Å². The first-order valence-corrected chi connectivity index (χ1v) is 6.38. The first kappa shape index (κ1) is 13.8. The number of nitrogens with one attached hydrogen (secondary N) is 2. The molecule has 0 unspecified atom stereocenters. The Morgan fingerprint density at radius 3 is 2.30 bits per heavy atom. The maximum atomic E-state index is 11.3. The highest BCUT2D eigenvalue weighted by Gasteiger charge is 2.12. The molecule has 4 nitrogen and oxygen atoms in total. The molecule has 3 aromatic rings. The fourth-order valence-corrected chi connectivity index (χ4v) is 1.98. The molecular formula is C16H17N3O. The van der Waals surface area contributed by atoms with Crippen LogP contribution in [0.4, 0.5) is 5.69 Å². The second kappa shape index (κ2) is 6.52. The number of benzene rings is 1. The van der Waals surface area contributed by atoms with Gasteiger partial charge in [0.25, 0.3) is 0 Å². The Morgan fingerprint density at radius 2 is 1.80 bits per heavy atom. The number of hydrogen-bond donors (Lipinski definition) is 2. The summed E-state index contributed by atoms with van der Waals surface area (Å²) in [4.78, 5) is 18.2. The first-order valence-electron chi connectivity index (χ1n) is 6.38. The lowest BCUT2D eigenvalue weighted by molar-refractivity contribution is 0.101. The zero-order chi connectivity index (χ0) is 14.4. The minimum atomic E-state index is 0.0468. The Balaban J connectivity index is 0.000000205. The van der Waals surface area contributed by atoms with Crippen molar-refractivity contribution in [2.24, 2.45) is 0 Å². The van der Waals surface area contributed by atoms with Crippen LogP contribution in [0.1, 0.15) is 17.4 Å². The number of rotatable bonds is 2. The van der Waals surface area contributed by atoms with Crippen molar-refractivity contribution in [1.29, 1.82) is 0 Å². The highest BCUT2D eigenvalue weighted by molar-refractivity contribution is 6.08. The van der Waals surface area contributed by atoms with Gasteiger partial charge in [-0.05, 0) is 18.2 Å². The van der Waals surface area contributed by atoms with Crippen LogP contribution in [0.15, 0.2) is 54.9 Å². The van der Waals surface area contributed by atoms with Crippen LogP contribution in [0.3, 0.4) is 0 Å². The number of ketones is 1. The zero-order valence-electron chi connectivity index (χ0n) is 11.6. The van der Waals surface area contributed by atoms with E-state index >= 15 is 0 Å². The third kappa shape index (κ3) is 3.03. The van der Waals surface area contributed by atoms with Gasteiger partial charge in [0.2, 0.25) is 0 Å². The maximum Gasteiger partial charge on any atom is 0.178 e. The van der Waals surface area contributed by atoms with Crippen molar-refractivity contribution >= 4 is 22.4 Å². The molecule has 0 aliphatic carbocycles. The Bertz CT molecular complexity index is 663. The minimum Gasteiger partial charge on any atom is -0.386 e. The number of hydrogen-bond acceptors (Lipinski definition) is 3. The average molecular weight is 267 g/mol.